The van der Waals surface area contributed by atoms with Gasteiger partial charge in [-0.3, -0.25) is 9.59 Å². The van der Waals surface area contributed by atoms with Crippen molar-refractivity contribution in [2.45, 2.75) is 20.0 Å². The Hall–Kier alpha value is -2.18. The maximum absolute atomic E-state index is 12.6. The Labute approximate surface area is 118 Å². The molecule has 0 aliphatic carbocycles. The molecule has 21 heavy (non-hydrogen) atoms. The van der Waals surface area contributed by atoms with Crippen molar-refractivity contribution in [1.82, 2.24) is 0 Å². The van der Waals surface area contributed by atoms with Gasteiger partial charge in [-0.15, -0.1) is 0 Å². The lowest BCUT2D eigenvalue weighted by atomic mass is 9.94. The minimum atomic E-state index is -4.59. The van der Waals surface area contributed by atoms with Crippen LogP contribution in [0.2, 0.25) is 0 Å². The Kier molecular flexibility index (Phi) is 5.23. The minimum absolute atomic E-state index is 0.0327. The zero-order valence-electron chi connectivity index (χ0n) is 11.4. The van der Waals surface area contributed by atoms with E-state index in [-0.39, 0.29) is 12.2 Å². The van der Waals surface area contributed by atoms with Crippen LogP contribution in [0.15, 0.2) is 24.3 Å². The van der Waals surface area contributed by atoms with Crippen molar-refractivity contribution in [2.24, 2.45) is 5.92 Å². The van der Waals surface area contributed by atoms with Gasteiger partial charge in [-0.25, -0.2) is 4.79 Å². The molecule has 0 bridgehead atoms. The Morgan fingerprint density at radius 1 is 1.24 bits per heavy atom. The highest BCUT2D eigenvalue weighted by atomic mass is 19.4. The number of esters is 1. The number of rotatable bonds is 5. The first-order valence-corrected chi connectivity index (χ1v) is 6.11. The van der Waals surface area contributed by atoms with E-state index in [2.05, 4.69) is 4.74 Å². The predicted octanol–water partition coefficient (Wildman–Crippen LogP) is 2.66. The van der Waals surface area contributed by atoms with Crippen LogP contribution in [0, 0.1) is 5.92 Å². The van der Waals surface area contributed by atoms with E-state index in [0.717, 1.165) is 25.1 Å². The number of carbonyl (C=O) groups is 3. The first-order chi connectivity index (χ1) is 9.68. The third-order valence-corrected chi connectivity index (χ3v) is 2.74. The van der Waals surface area contributed by atoms with E-state index in [1.54, 1.807) is 0 Å². The summed E-state index contributed by atoms with van der Waals surface area (Å²) in [7, 11) is 0. The summed E-state index contributed by atoms with van der Waals surface area (Å²) in [6, 6.07) is 3.69. The topological polar surface area (TPSA) is 60.4 Å². The molecule has 0 radical (unpaired) electrons. The average Bonchev–Trinajstić information content (AvgIpc) is 2.44. The molecule has 0 amide bonds. The van der Waals surface area contributed by atoms with Gasteiger partial charge in [-0.2, -0.15) is 13.2 Å². The molecule has 4 nitrogen and oxygen atoms in total. The number of benzene rings is 1. The highest BCUT2D eigenvalue weighted by Gasteiger charge is 2.33. The summed E-state index contributed by atoms with van der Waals surface area (Å²) >= 11 is 0. The molecule has 0 aromatic heterocycles. The summed E-state index contributed by atoms with van der Waals surface area (Å²) in [5.74, 6) is -4.52. The molecule has 0 saturated heterocycles. The summed E-state index contributed by atoms with van der Waals surface area (Å²) in [5.41, 5.74) is -1.28. The lowest BCUT2D eigenvalue weighted by molar-refractivity contribution is -0.154. The second kappa shape index (κ2) is 6.51. The Morgan fingerprint density at radius 3 is 2.38 bits per heavy atom. The van der Waals surface area contributed by atoms with E-state index < -0.39 is 35.2 Å². The number of halogens is 3. The predicted molar refractivity (Wildman–Crippen MR) is 66.6 cm³/mol. The van der Waals surface area contributed by atoms with Gasteiger partial charge in [0.05, 0.1) is 18.1 Å². The molecule has 1 rings (SSSR count). The largest absolute Gasteiger partial charge is 0.460 e. The number of hydrogen-bond donors (Lipinski definition) is 0. The number of alkyl halides is 3. The van der Waals surface area contributed by atoms with Gasteiger partial charge in [-0.1, -0.05) is 12.1 Å². The zero-order chi connectivity index (χ0) is 16.2. The van der Waals surface area contributed by atoms with Crippen LogP contribution < -0.4 is 0 Å². The molecule has 0 N–H and O–H groups in total. The summed E-state index contributed by atoms with van der Waals surface area (Å²) in [4.78, 5) is 34.8. The fourth-order valence-electron chi connectivity index (χ4n) is 1.60. The normalized spacial score (nSPS) is 12.6. The smallest absolute Gasteiger partial charge is 0.416 e. The summed E-state index contributed by atoms with van der Waals surface area (Å²) in [6.07, 6.45) is -4.59. The van der Waals surface area contributed by atoms with Gasteiger partial charge < -0.3 is 4.74 Å². The van der Waals surface area contributed by atoms with Gasteiger partial charge >= 0.3 is 12.1 Å². The van der Waals surface area contributed by atoms with Crippen molar-refractivity contribution in [2.75, 3.05) is 6.61 Å². The quantitative estimate of drug-likeness (QED) is 0.363. The van der Waals surface area contributed by atoms with Crippen LogP contribution in [-0.4, -0.2) is 24.1 Å². The maximum Gasteiger partial charge on any atom is 0.416 e. The Morgan fingerprint density at radius 2 is 1.86 bits per heavy atom. The molecule has 1 aromatic carbocycles. The van der Waals surface area contributed by atoms with Crippen molar-refractivity contribution in [1.29, 1.82) is 0 Å². The molecule has 0 saturated carbocycles. The number of carbonyl (C=O) groups excluding carboxylic acids is 3. The molecule has 0 unspecified atom stereocenters. The SMILES string of the molecule is CCOC(=O)C(=O)[C@H](C)C(=O)c1cccc(C(F)(F)F)c1. The van der Waals surface area contributed by atoms with Crippen LogP contribution in [0.5, 0.6) is 0 Å². The third kappa shape index (κ3) is 4.14. The van der Waals surface area contributed by atoms with Crippen LogP contribution in [0.1, 0.15) is 29.8 Å². The highest BCUT2D eigenvalue weighted by Crippen LogP contribution is 2.30. The summed E-state index contributed by atoms with van der Waals surface area (Å²) in [5, 5.41) is 0. The monoisotopic (exact) mass is 302 g/mol. The third-order valence-electron chi connectivity index (χ3n) is 2.74. The van der Waals surface area contributed by atoms with Crippen LogP contribution >= 0.6 is 0 Å². The van der Waals surface area contributed by atoms with E-state index >= 15 is 0 Å². The van der Waals surface area contributed by atoms with Gasteiger partial charge in [0.25, 0.3) is 5.78 Å². The molecule has 0 aliphatic heterocycles. The van der Waals surface area contributed by atoms with E-state index in [0.29, 0.717) is 6.07 Å². The number of ketones is 2. The first-order valence-electron chi connectivity index (χ1n) is 6.11. The van der Waals surface area contributed by atoms with Crippen molar-refractivity contribution in [3.63, 3.8) is 0 Å². The van der Waals surface area contributed by atoms with E-state index in [1.165, 1.54) is 6.92 Å². The van der Waals surface area contributed by atoms with Gasteiger partial charge in [0.2, 0.25) is 0 Å². The van der Waals surface area contributed by atoms with Crippen molar-refractivity contribution >= 4 is 17.5 Å². The molecule has 7 heteroatoms. The number of ether oxygens (including phenoxy) is 1. The molecule has 0 aliphatic rings. The molecule has 1 atom stereocenters. The second-order valence-corrected chi connectivity index (χ2v) is 4.25. The molecular formula is C14H13F3O4. The summed E-state index contributed by atoms with van der Waals surface area (Å²) in [6.45, 7) is 2.61. The fourth-order valence-corrected chi connectivity index (χ4v) is 1.60. The van der Waals surface area contributed by atoms with Crippen molar-refractivity contribution < 1.29 is 32.3 Å². The Balaban J connectivity index is 2.98. The second-order valence-electron chi connectivity index (χ2n) is 4.25. The lowest BCUT2D eigenvalue weighted by Gasteiger charge is -2.11. The van der Waals surface area contributed by atoms with E-state index in [1.807, 2.05) is 0 Å². The van der Waals surface area contributed by atoms with E-state index in [9.17, 15) is 27.6 Å². The minimum Gasteiger partial charge on any atom is -0.460 e. The molecule has 0 fully saturated rings. The summed E-state index contributed by atoms with van der Waals surface area (Å²) < 4.78 is 42.2. The van der Waals surface area contributed by atoms with Gasteiger partial charge in [0.1, 0.15) is 0 Å². The van der Waals surface area contributed by atoms with Crippen LogP contribution in [0.25, 0.3) is 0 Å². The number of hydrogen-bond acceptors (Lipinski definition) is 4. The average molecular weight is 302 g/mol. The zero-order valence-corrected chi connectivity index (χ0v) is 11.4. The van der Waals surface area contributed by atoms with Gasteiger partial charge in [0.15, 0.2) is 5.78 Å². The van der Waals surface area contributed by atoms with Crippen molar-refractivity contribution in [3.8, 4) is 0 Å². The standard InChI is InChI=1S/C14H13F3O4/c1-3-21-13(20)12(19)8(2)11(18)9-5-4-6-10(7-9)14(15,16)17/h4-8H,3H2,1-2H3/t8-/m1/s1. The molecular weight excluding hydrogens is 289 g/mol. The number of Topliss-reactive ketones (excluding diaryl/α,β-unsaturated/α-hetero) is 2. The lowest BCUT2D eigenvalue weighted by Crippen LogP contribution is -2.29. The highest BCUT2D eigenvalue weighted by molar-refractivity contribution is 6.39. The molecule has 0 spiro atoms. The first kappa shape index (κ1) is 16.9. The molecule has 1 aromatic rings. The van der Waals surface area contributed by atoms with Crippen molar-refractivity contribution in [3.05, 3.63) is 35.4 Å². The fraction of sp³-hybridized carbons (Fsp3) is 0.357. The van der Waals surface area contributed by atoms with Gasteiger partial charge in [0, 0.05) is 5.56 Å². The van der Waals surface area contributed by atoms with E-state index in [4.69, 9.17) is 0 Å². The molecule has 0 heterocycles. The Bertz CT molecular complexity index is 564. The van der Waals surface area contributed by atoms with Crippen LogP contribution in [0.3, 0.4) is 0 Å². The maximum atomic E-state index is 12.6. The van der Waals surface area contributed by atoms with Crippen LogP contribution in [-0.2, 0) is 20.5 Å². The van der Waals surface area contributed by atoms with Crippen LogP contribution in [0.4, 0.5) is 13.2 Å². The van der Waals surface area contributed by atoms with Gasteiger partial charge in [-0.05, 0) is 26.0 Å². The molecule has 114 valence electrons.